The number of carbonyl (C=O) groups excluding carboxylic acids is 1. The second-order valence-corrected chi connectivity index (χ2v) is 17.8. The number of aliphatic hydroxyl groups excluding tert-OH is 2. The topological polar surface area (TPSA) is 211 Å². The van der Waals surface area contributed by atoms with Gasteiger partial charge < -0.3 is 73.7 Å². The molecule has 0 unspecified atom stereocenters. The molecule has 12 atom stereocenters. The van der Waals surface area contributed by atoms with Crippen LogP contribution in [-0.2, 0) is 52.2 Å². The van der Waals surface area contributed by atoms with Crippen molar-refractivity contribution in [2.24, 2.45) is 5.73 Å². The minimum Gasteiger partial charge on any atom is -0.850 e. The number of nitrogens with two attached hydrogens (primary N) is 1. The van der Waals surface area contributed by atoms with Crippen LogP contribution in [0.4, 0.5) is 13.2 Å². The molecular weight excluding hydrogens is 925 g/mol. The van der Waals surface area contributed by atoms with E-state index in [0.717, 1.165) is 51.4 Å². The van der Waals surface area contributed by atoms with Crippen LogP contribution in [0.3, 0.4) is 0 Å². The van der Waals surface area contributed by atoms with E-state index < -0.39 is 79.0 Å². The van der Waals surface area contributed by atoms with Crippen molar-refractivity contribution in [1.82, 2.24) is 5.32 Å². The second-order valence-electron chi connectivity index (χ2n) is 17.8. The molecular formula is C48H90F3KN2O14. The Morgan fingerprint density at radius 2 is 1.21 bits per heavy atom. The maximum absolute atomic E-state index is 13.0. The molecule has 2 aliphatic rings. The molecule has 0 aliphatic carbocycles. The fraction of sp³-hybridized carbons (Fsp3) is 0.896. The van der Waals surface area contributed by atoms with Crippen LogP contribution in [0.25, 0.3) is 0 Å². The van der Waals surface area contributed by atoms with Crippen LogP contribution in [0.5, 0.6) is 0 Å². The number of unbranched alkanes of at least 4 members (excludes halogenated alkanes) is 8. The van der Waals surface area contributed by atoms with E-state index in [1.54, 1.807) is 48.2 Å². The first-order valence-electron chi connectivity index (χ1n) is 24.0. The monoisotopic (exact) mass is 1010 g/mol. The normalized spacial score (nSPS) is 26.1. The molecule has 2 heterocycles. The van der Waals surface area contributed by atoms with Crippen LogP contribution in [0.15, 0.2) is 25.0 Å². The number of hydrogen-bond donors (Lipinski definition) is 4. The zero-order chi connectivity index (χ0) is 50.8. The van der Waals surface area contributed by atoms with Gasteiger partial charge in [-0.15, -0.1) is 12.2 Å². The van der Waals surface area contributed by atoms with Gasteiger partial charge in [0.1, 0.15) is 42.7 Å². The van der Waals surface area contributed by atoms with E-state index in [0.29, 0.717) is 13.0 Å². The summed E-state index contributed by atoms with van der Waals surface area (Å²) in [4.78, 5) is 11.7. The van der Waals surface area contributed by atoms with E-state index >= 15 is 0 Å². The first-order chi connectivity index (χ1) is 31.8. The van der Waals surface area contributed by atoms with Gasteiger partial charge in [-0.05, 0) is 32.6 Å². The van der Waals surface area contributed by atoms with Crippen LogP contribution in [0.1, 0.15) is 131 Å². The molecule has 1 amide bonds. The van der Waals surface area contributed by atoms with Gasteiger partial charge in [0.2, 0.25) is 6.29 Å². The van der Waals surface area contributed by atoms with Crippen molar-refractivity contribution >= 4 is 5.91 Å². The minimum atomic E-state index is -5.12. The summed E-state index contributed by atoms with van der Waals surface area (Å²) in [5.74, 6) is -2.18. The number of rotatable bonds is 32. The zero-order valence-electron chi connectivity index (χ0n) is 43.3. The van der Waals surface area contributed by atoms with Gasteiger partial charge in [-0.1, -0.05) is 111 Å². The van der Waals surface area contributed by atoms with Gasteiger partial charge in [0.05, 0.1) is 44.3 Å². The van der Waals surface area contributed by atoms with E-state index in [1.165, 1.54) is 51.6 Å². The molecule has 0 saturated carbocycles. The van der Waals surface area contributed by atoms with Crippen LogP contribution in [0, 0.1) is 0 Å². The molecule has 5 N–H and O–H groups in total. The molecule has 0 radical (unpaired) electrons. The molecule has 2 saturated heterocycles. The number of amides is 1. The third-order valence-corrected chi connectivity index (χ3v) is 10.8. The minimum absolute atomic E-state index is 0. The standard InChI is InChI=1S/C23H40F3NO7.C21H41NO6.C4H9O.K/c1-5-7-8-9-10-11-16(31-4)12-14-32-20-18(27-22(29)23(24,25)26)21(33-13-6-2)34-17(15-30-3)19(20)28;1-5-7-8-9-10-11-16(25-4)12-14-26-20-18(22)21(27-13-6-2)28-17(15-24-3)19(20)23;1-4(2,3)5;/h6,16-21,28H,2,5,7-15H2,1,3-4H3,(H,27,29);6,13,16-21,23H,5,7-12,14-15,22H2,1-4H3;1-3H3;/q;;-1;+1/b;13-6-;;/t2*16-,17-,18-,19-,20-,21+;;/m11../s1. The molecule has 0 bridgehead atoms. The van der Waals surface area contributed by atoms with E-state index in [1.807, 2.05) is 12.2 Å². The number of alkyl halides is 3. The molecule has 0 spiro atoms. The number of halogens is 3. The smallest absolute Gasteiger partial charge is 0.850 e. The third kappa shape index (κ3) is 31.3. The summed E-state index contributed by atoms with van der Waals surface area (Å²) in [7, 11) is 6.29. The summed E-state index contributed by atoms with van der Waals surface area (Å²) in [5.41, 5.74) is 5.50. The van der Waals surface area contributed by atoms with Crippen molar-refractivity contribution in [3.63, 3.8) is 0 Å². The molecule has 20 heteroatoms. The van der Waals surface area contributed by atoms with E-state index in [-0.39, 0.29) is 90.0 Å². The van der Waals surface area contributed by atoms with Gasteiger partial charge in [-0.2, -0.15) is 13.2 Å². The largest absolute Gasteiger partial charge is 1.00 e. The number of nitrogens with one attached hydrogen (secondary N) is 1. The zero-order valence-corrected chi connectivity index (χ0v) is 46.4. The van der Waals surface area contributed by atoms with E-state index in [2.05, 4.69) is 20.4 Å². The Morgan fingerprint density at radius 3 is 1.62 bits per heavy atom. The Kier molecular flexibility index (Phi) is 42.1. The summed E-state index contributed by atoms with van der Waals surface area (Å²) in [5, 5.41) is 33.3. The molecule has 0 aromatic heterocycles. The third-order valence-electron chi connectivity index (χ3n) is 10.8. The Labute approximate surface area is 449 Å². The Bertz CT molecular complexity index is 1250. The number of allylic oxidation sites excluding steroid dienone is 1. The fourth-order valence-corrected chi connectivity index (χ4v) is 7.22. The first kappa shape index (κ1) is 69.7. The Hall–Kier alpha value is -0.344. The number of carbonyl (C=O) groups is 1. The molecule has 0 aromatic carbocycles. The van der Waals surface area contributed by atoms with Crippen molar-refractivity contribution in [3.05, 3.63) is 25.0 Å². The summed E-state index contributed by atoms with van der Waals surface area (Å²) in [6, 6.07) is -2.01. The van der Waals surface area contributed by atoms with Crippen LogP contribution >= 0.6 is 0 Å². The molecule has 16 nitrogen and oxygen atoms in total. The van der Waals surface area contributed by atoms with Crippen LogP contribution in [0.2, 0.25) is 0 Å². The summed E-state index contributed by atoms with van der Waals surface area (Å²) < 4.78 is 94.3. The van der Waals surface area contributed by atoms with Crippen LogP contribution < -0.4 is 67.5 Å². The average molecular weight is 1020 g/mol. The number of methoxy groups -OCH3 is 4. The van der Waals surface area contributed by atoms with Gasteiger partial charge in [0.15, 0.2) is 6.29 Å². The SMILES string of the molecule is C/C=C\O[C@H]1O[C@H](COC)[C@@H](O)[C@H](OCC[C@@H](CCCCCCC)OC)[C@H]1N.C=CCO[C@H]1O[C@H](COC)[C@@H](O)[C@H](OCC[C@@H](CCCCCCC)OC)[C@H]1NC(=O)C(F)(F)F.CC(C)(C)[O-].[K+]. The number of aliphatic hydroxyl groups is 2. The van der Waals surface area contributed by atoms with Gasteiger partial charge in [-0.3, -0.25) is 4.79 Å². The molecule has 2 aliphatic heterocycles. The Morgan fingerprint density at radius 1 is 0.765 bits per heavy atom. The molecule has 68 heavy (non-hydrogen) atoms. The van der Waals surface area contributed by atoms with E-state index in [9.17, 15) is 33.3 Å². The van der Waals surface area contributed by atoms with Gasteiger partial charge in [0, 0.05) is 41.7 Å². The van der Waals surface area contributed by atoms with Gasteiger partial charge in [-0.25, -0.2) is 0 Å². The van der Waals surface area contributed by atoms with E-state index in [4.69, 9.17) is 53.1 Å². The summed E-state index contributed by atoms with van der Waals surface area (Å²) >= 11 is 0. The molecule has 0 aromatic rings. The number of ether oxygens (including phenoxy) is 10. The summed E-state index contributed by atoms with van der Waals surface area (Å²) in [6.07, 6.45) is 6.95. The first-order valence-corrected chi connectivity index (χ1v) is 24.0. The predicted octanol–water partition coefficient (Wildman–Crippen LogP) is 3.02. The second kappa shape index (κ2) is 41.1. The van der Waals surface area contributed by atoms with Gasteiger partial charge >= 0.3 is 63.5 Å². The quantitative estimate of drug-likeness (QED) is 0.0331. The average Bonchev–Trinajstić information content (AvgIpc) is 3.27. The van der Waals surface area contributed by atoms with Crippen LogP contribution in [-0.4, -0.2) is 163 Å². The van der Waals surface area contributed by atoms with Crippen molar-refractivity contribution in [3.8, 4) is 0 Å². The number of hydrogen-bond acceptors (Lipinski definition) is 15. The fourth-order valence-electron chi connectivity index (χ4n) is 7.22. The van der Waals surface area contributed by atoms with Crippen molar-refractivity contribution < 1.29 is 132 Å². The van der Waals surface area contributed by atoms with Crippen molar-refractivity contribution in [1.29, 1.82) is 0 Å². The Balaban J connectivity index is 0. The maximum Gasteiger partial charge on any atom is 1.00 e. The molecule has 2 rings (SSSR count). The van der Waals surface area contributed by atoms with Crippen molar-refractivity contribution in [2.75, 3.05) is 61.5 Å². The van der Waals surface area contributed by atoms with Crippen molar-refractivity contribution in [2.45, 2.75) is 217 Å². The predicted molar refractivity (Wildman–Crippen MR) is 248 cm³/mol. The molecule has 398 valence electrons. The maximum atomic E-state index is 13.0. The molecule has 2 fully saturated rings. The van der Waals surface area contributed by atoms with Gasteiger partial charge in [0.25, 0.3) is 0 Å². The summed E-state index contributed by atoms with van der Waals surface area (Å²) in [6.45, 7) is 15.3.